The van der Waals surface area contributed by atoms with Crippen LogP contribution in [0.5, 0.6) is 0 Å². The monoisotopic (exact) mass is 876 g/mol. The number of unbranched alkanes of at least 4 members (excludes halogenated alkanes) is 21. The van der Waals surface area contributed by atoms with E-state index in [4.69, 9.17) is 4.74 Å². The van der Waals surface area contributed by atoms with Crippen LogP contribution < -0.4 is 5.32 Å². The smallest absolute Gasteiger partial charge is 0.306 e. The number of carbonyl (C=O) groups is 2. The fourth-order valence-corrected chi connectivity index (χ4v) is 7.27. The first-order valence-electron chi connectivity index (χ1n) is 26.0. The Morgan fingerprint density at radius 2 is 0.937 bits per heavy atom. The molecule has 0 spiro atoms. The topological polar surface area (TPSA) is 95.9 Å². The van der Waals surface area contributed by atoms with Crippen LogP contribution >= 0.6 is 0 Å². The van der Waals surface area contributed by atoms with Crippen LogP contribution in [-0.2, 0) is 14.3 Å². The first-order valence-corrected chi connectivity index (χ1v) is 26.0. The molecule has 0 heterocycles. The van der Waals surface area contributed by atoms with E-state index in [-0.39, 0.29) is 24.9 Å². The summed E-state index contributed by atoms with van der Waals surface area (Å²) in [7, 11) is 0. The van der Waals surface area contributed by atoms with Crippen molar-refractivity contribution in [3.05, 3.63) is 97.2 Å². The number of aliphatic hydroxyl groups is 2. The lowest BCUT2D eigenvalue weighted by atomic mass is 10.0. The summed E-state index contributed by atoms with van der Waals surface area (Å²) in [5, 5.41) is 23.7. The number of amides is 1. The van der Waals surface area contributed by atoms with Crippen LogP contribution in [0.25, 0.3) is 0 Å². The highest BCUT2D eigenvalue weighted by Crippen LogP contribution is 2.15. The van der Waals surface area contributed by atoms with Gasteiger partial charge in [0.15, 0.2) is 0 Å². The zero-order valence-corrected chi connectivity index (χ0v) is 40.9. The molecule has 0 radical (unpaired) electrons. The molecule has 0 aliphatic rings. The van der Waals surface area contributed by atoms with Gasteiger partial charge in [-0.15, -0.1) is 0 Å². The fraction of sp³-hybridized carbons (Fsp3) is 0.684. The maximum atomic E-state index is 13.2. The zero-order chi connectivity index (χ0) is 45.9. The lowest BCUT2D eigenvalue weighted by Crippen LogP contribution is -2.46. The molecule has 3 atom stereocenters. The molecular weight excluding hydrogens is 779 g/mol. The summed E-state index contributed by atoms with van der Waals surface area (Å²) in [4.78, 5) is 26.1. The molecule has 0 aliphatic heterocycles. The van der Waals surface area contributed by atoms with Gasteiger partial charge in [-0.3, -0.25) is 9.59 Å². The number of aliphatic hydroxyl groups excluding tert-OH is 2. The lowest BCUT2D eigenvalue weighted by molar-refractivity contribution is -0.148. The summed E-state index contributed by atoms with van der Waals surface area (Å²) in [6.45, 7) is 6.30. The Bertz CT molecular complexity index is 1260. The van der Waals surface area contributed by atoms with Gasteiger partial charge in [0.05, 0.1) is 25.2 Å². The van der Waals surface area contributed by atoms with E-state index in [9.17, 15) is 19.8 Å². The Morgan fingerprint density at radius 1 is 0.508 bits per heavy atom. The zero-order valence-electron chi connectivity index (χ0n) is 40.9. The van der Waals surface area contributed by atoms with E-state index in [0.717, 1.165) is 89.9 Å². The molecule has 0 aromatic heterocycles. The van der Waals surface area contributed by atoms with Crippen molar-refractivity contribution in [2.24, 2.45) is 0 Å². The van der Waals surface area contributed by atoms with Crippen LogP contribution in [0.1, 0.15) is 226 Å². The van der Waals surface area contributed by atoms with Crippen LogP contribution in [0.15, 0.2) is 97.2 Å². The van der Waals surface area contributed by atoms with Crippen molar-refractivity contribution < 1.29 is 24.5 Å². The Labute approximate surface area is 388 Å². The number of nitrogens with one attached hydrogen (secondary N) is 1. The molecule has 0 rings (SSSR count). The molecule has 0 aliphatic carbocycles. The third-order valence-electron chi connectivity index (χ3n) is 11.2. The first kappa shape index (κ1) is 59.8. The summed E-state index contributed by atoms with van der Waals surface area (Å²) in [6.07, 6.45) is 66.4. The average Bonchev–Trinajstić information content (AvgIpc) is 3.28. The van der Waals surface area contributed by atoms with Crippen LogP contribution in [0.3, 0.4) is 0 Å². The third-order valence-corrected chi connectivity index (χ3v) is 11.2. The molecule has 0 aromatic rings. The molecular formula is C57H97NO5. The SMILES string of the molecule is CC/C=C/C/C=C/C/C=C/C/C=C/C/C=C/C(CC(=O)NC(CO)C(O)CCCCCCCCCCCCCC)OC(=O)CCCCCCC/C=C/C=C/C=C/CCCCCCC. The summed E-state index contributed by atoms with van der Waals surface area (Å²) in [5.41, 5.74) is 0. The van der Waals surface area contributed by atoms with Crippen molar-refractivity contribution in [3.8, 4) is 0 Å². The molecule has 0 aromatic carbocycles. The number of allylic oxidation sites excluding steroid dienone is 15. The summed E-state index contributed by atoms with van der Waals surface area (Å²) in [6, 6.07) is -0.751. The van der Waals surface area contributed by atoms with Crippen molar-refractivity contribution in [2.75, 3.05) is 6.61 Å². The number of hydrogen-bond acceptors (Lipinski definition) is 5. The van der Waals surface area contributed by atoms with E-state index in [1.807, 2.05) is 6.08 Å². The standard InChI is InChI=1S/C57H97NO5/c1-4-7-10-13-16-19-22-25-27-28-29-30-32-35-38-41-44-47-50-57(62)63-53(48-45-42-39-36-33-31-26-23-20-17-14-11-8-5-2)51-56(61)58-54(52-59)55(60)49-46-43-40-37-34-24-21-18-15-12-9-6-3/h8,11,17,20,22,25-31,36,39,45,48,53-55,59-60H,4-7,9-10,12-16,18-19,21,23-24,32-35,37-38,40-44,46-47,49-52H2,1-3H3,(H,58,61)/b11-8+,20-17+,25-22+,28-27+,30-29+,31-26+,39-36+,48-45+. The lowest BCUT2D eigenvalue weighted by Gasteiger charge is -2.23. The summed E-state index contributed by atoms with van der Waals surface area (Å²) >= 11 is 0. The maximum absolute atomic E-state index is 13.2. The minimum Gasteiger partial charge on any atom is -0.458 e. The number of carbonyl (C=O) groups excluding carboxylic acids is 2. The van der Waals surface area contributed by atoms with Gasteiger partial charge in [0, 0.05) is 6.42 Å². The summed E-state index contributed by atoms with van der Waals surface area (Å²) in [5.74, 6) is -0.657. The first-order chi connectivity index (χ1) is 31.0. The molecule has 360 valence electrons. The number of ether oxygens (including phenoxy) is 1. The van der Waals surface area contributed by atoms with E-state index in [0.29, 0.717) is 19.3 Å². The van der Waals surface area contributed by atoms with Crippen molar-refractivity contribution in [2.45, 2.75) is 244 Å². The minimum absolute atomic E-state index is 0.0591. The van der Waals surface area contributed by atoms with Crippen LogP contribution in [0.4, 0.5) is 0 Å². The molecule has 0 saturated heterocycles. The van der Waals surface area contributed by atoms with E-state index in [1.165, 1.54) is 89.9 Å². The van der Waals surface area contributed by atoms with Gasteiger partial charge in [-0.1, -0.05) is 234 Å². The Morgan fingerprint density at radius 3 is 1.41 bits per heavy atom. The van der Waals surface area contributed by atoms with E-state index in [1.54, 1.807) is 6.08 Å². The fourth-order valence-electron chi connectivity index (χ4n) is 7.27. The molecule has 3 N–H and O–H groups in total. The minimum atomic E-state index is -0.827. The highest BCUT2D eigenvalue weighted by molar-refractivity contribution is 5.78. The largest absolute Gasteiger partial charge is 0.458 e. The predicted molar refractivity (Wildman–Crippen MR) is 273 cm³/mol. The van der Waals surface area contributed by atoms with Crippen molar-refractivity contribution in [1.82, 2.24) is 5.32 Å². The van der Waals surface area contributed by atoms with Crippen molar-refractivity contribution >= 4 is 11.9 Å². The van der Waals surface area contributed by atoms with Gasteiger partial charge in [0.2, 0.25) is 5.91 Å². The van der Waals surface area contributed by atoms with Gasteiger partial charge < -0.3 is 20.3 Å². The van der Waals surface area contributed by atoms with E-state index in [2.05, 4.69) is 111 Å². The predicted octanol–water partition coefficient (Wildman–Crippen LogP) is 15.7. The molecule has 63 heavy (non-hydrogen) atoms. The molecule has 3 unspecified atom stereocenters. The van der Waals surface area contributed by atoms with E-state index >= 15 is 0 Å². The molecule has 6 nitrogen and oxygen atoms in total. The Kier molecular flexibility index (Phi) is 47.2. The van der Waals surface area contributed by atoms with Crippen LogP contribution in [-0.4, -0.2) is 46.9 Å². The quantitative estimate of drug-likeness (QED) is 0.0245. The van der Waals surface area contributed by atoms with Crippen LogP contribution in [0.2, 0.25) is 0 Å². The molecule has 0 fully saturated rings. The van der Waals surface area contributed by atoms with Gasteiger partial charge in [-0.05, 0) is 76.7 Å². The van der Waals surface area contributed by atoms with Gasteiger partial charge in [-0.2, -0.15) is 0 Å². The number of rotatable bonds is 45. The molecule has 6 heteroatoms. The van der Waals surface area contributed by atoms with Gasteiger partial charge in [-0.25, -0.2) is 0 Å². The maximum Gasteiger partial charge on any atom is 0.306 e. The third kappa shape index (κ3) is 45.2. The second-order valence-corrected chi connectivity index (χ2v) is 17.2. The van der Waals surface area contributed by atoms with Crippen molar-refractivity contribution in [1.29, 1.82) is 0 Å². The van der Waals surface area contributed by atoms with Gasteiger partial charge >= 0.3 is 5.97 Å². The highest BCUT2D eigenvalue weighted by atomic mass is 16.5. The molecule has 1 amide bonds. The number of hydrogen-bond donors (Lipinski definition) is 3. The normalized spacial score (nSPS) is 14.0. The Hall–Kier alpha value is -3.22. The van der Waals surface area contributed by atoms with Gasteiger partial charge in [0.25, 0.3) is 0 Å². The summed E-state index contributed by atoms with van der Waals surface area (Å²) < 4.78 is 5.81. The Balaban J connectivity index is 4.77. The van der Waals surface area contributed by atoms with Gasteiger partial charge in [0.1, 0.15) is 6.10 Å². The molecule has 0 bridgehead atoms. The highest BCUT2D eigenvalue weighted by Gasteiger charge is 2.23. The van der Waals surface area contributed by atoms with E-state index < -0.39 is 18.2 Å². The second-order valence-electron chi connectivity index (χ2n) is 17.2. The van der Waals surface area contributed by atoms with Crippen LogP contribution in [0, 0.1) is 0 Å². The molecule has 0 saturated carbocycles. The van der Waals surface area contributed by atoms with Crippen molar-refractivity contribution in [3.63, 3.8) is 0 Å². The number of esters is 1. The average molecular weight is 876 g/mol. The second kappa shape index (κ2) is 49.8.